The van der Waals surface area contributed by atoms with E-state index in [0.717, 1.165) is 5.56 Å². The number of fused-ring (bicyclic) bond motifs is 1. The molecule has 1 unspecified atom stereocenters. The summed E-state index contributed by atoms with van der Waals surface area (Å²) in [6.45, 7) is 0.838. The molecule has 3 heterocycles. The second-order valence-corrected chi connectivity index (χ2v) is 6.05. The number of thiophene rings is 2. The van der Waals surface area contributed by atoms with E-state index in [0.29, 0.717) is 29.1 Å². The second-order valence-electron chi connectivity index (χ2n) is 4.35. The third-order valence-corrected chi connectivity index (χ3v) is 4.53. The second kappa shape index (κ2) is 5.84. The molecule has 0 aliphatic heterocycles. The first-order valence-corrected chi connectivity index (χ1v) is 7.93. The summed E-state index contributed by atoms with van der Waals surface area (Å²) in [4.78, 5) is 18.9. The van der Waals surface area contributed by atoms with Crippen LogP contribution in [0.25, 0.3) is 10.2 Å². The monoisotopic (exact) mass is 307 g/mol. The molecule has 104 valence electrons. The van der Waals surface area contributed by atoms with Crippen LogP contribution in [0.1, 0.15) is 17.5 Å². The van der Waals surface area contributed by atoms with Gasteiger partial charge in [0.15, 0.2) is 0 Å². The van der Waals surface area contributed by atoms with Gasteiger partial charge in [0, 0.05) is 6.54 Å². The highest BCUT2D eigenvalue weighted by atomic mass is 32.1. The van der Waals surface area contributed by atoms with Gasteiger partial charge in [0.1, 0.15) is 10.5 Å². The summed E-state index contributed by atoms with van der Waals surface area (Å²) in [5.74, 6) is 0.582. The van der Waals surface area contributed by atoms with Gasteiger partial charge in [-0.1, -0.05) is 0 Å². The predicted octanol–water partition coefficient (Wildman–Crippen LogP) is 1.87. The quantitative estimate of drug-likeness (QED) is 0.672. The van der Waals surface area contributed by atoms with Crippen LogP contribution in [0.15, 0.2) is 33.1 Å². The van der Waals surface area contributed by atoms with Crippen molar-refractivity contribution >= 4 is 32.9 Å². The fourth-order valence-electron chi connectivity index (χ4n) is 1.92. The van der Waals surface area contributed by atoms with Crippen molar-refractivity contribution in [2.45, 2.75) is 12.6 Å². The molecule has 5 nitrogen and oxygen atoms in total. The molecule has 3 N–H and O–H groups in total. The average molecular weight is 307 g/mol. The summed E-state index contributed by atoms with van der Waals surface area (Å²) in [6.07, 6.45) is -0.544. The third kappa shape index (κ3) is 2.80. The fraction of sp³-hybridized carbons (Fsp3) is 0.231. The van der Waals surface area contributed by atoms with E-state index in [-0.39, 0.29) is 5.56 Å². The van der Waals surface area contributed by atoms with Crippen molar-refractivity contribution in [2.24, 2.45) is 0 Å². The number of hydrogen-bond donors (Lipinski definition) is 3. The van der Waals surface area contributed by atoms with Crippen LogP contribution in [-0.4, -0.2) is 21.6 Å². The normalized spacial score (nSPS) is 12.8. The summed E-state index contributed by atoms with van der Waals surface area (Å²) in [7, 11) is 0. The summed E-state index contributed by atoms with van der Waals surface area (Å²) < 4.78 is 0.645. The molecule has 0 aromatic carbocycles. The van der Waals surface area contributed by atoms with Crippen LogP contribution >= 0.6 is 22.7 Å². The summed E-state index contributed by atoms with van der Waals surface area (Å²) >= 11 is 2.94. The molecule has 0 saturated heterocycles. The van der Waals surface area contributed by atoms with Crippen LogP contribution in [0.3, 0.4) is 0 Å². The minimum Gasteiger partial charge on any atom is -0.387 e. The molecular weight excluding hydrogens is 294 g/mol. The Hall–Kier alpha value is -1.54. The lowest BCUT2D eigenvalue weighted by Crippen LogP contribution is -2.23. The highest BCUT2D eigenvalue weighted by Crippen LogP contribution is 2.15. The van der Waals surface area contributed by atoms with Crippen molar-refractivity contribution in [3.05, 3.63) is 50.0 Å². The molecule has 20 heavy (non-hydrogen) atoms. The Morgan fingerprint density at radius 3 is 3.10 bits per heavy atom. The van der Waals surface area contributed by atoms with Crippen LogP contribution in [0.2, 0.25) is 0 Å². The zero-order chi connectivity index (χ0) is 13.9. The van der Waals surface area contributed by atoms with E-state index in [4.69, 9.17) is 0 Å². The van der Waals surface area contributed by atoms with E-state index >= 15 is 0 Å². The Labute approximate surface area is 122 Å². The molecule has 3 rings (SSSR count). The Kier molecular flexibility index (Phi) is 3.93. The Morgan fingerprint density at radius 2 is 2.30 bits per heavy atom. The third-order valence-electron chi connectivity index (χ3n) is 2.92. The number of aromatic nitrogens is 2. The number of rotatable bonds is 5. The maximum atomic E-state index is 11.8. The standard InChI is InChI=1S/C13H13N3O2S2/c17-10(8-1-3-19-7-8)5-14-6-11-15-9-2-4-20-12(9)13(18)16-11/h1-4,7,10,14,17H,5-6H2,(H,15,16,18). The molecule has 0 radical (unpaired) electrons. The molecule has 0 amide bonds. The zero-order valence-corrected chi connectivity index (χ0v) is 12.1. The van der Waals surface area contributed by atoms with Gasteiger partial charge in [-0.05, 0) is 33.8 Å². The van der Waals surface area contributed by atoms with E-state index in [1.54, 1.807) is 11.3 Å². The molecule has 0 saturated carbocycles. The molecule has 0 aliphatic carbocycles. The van der Waals surface area contributed by atoms with Gasteiger partial charge in [-0.2, -0.15) is 11.3 Å². The van der Waals surface area contributed by atoms with Gasteiger partial charge in [0.25, 0.3) is 5.56 Å². The molecule has 3 aromatic rings. The first kappa shape index (κ1) is 13.4. The largest absolute Gasteiger partial charge is 0.387 e. The van der Waals surface area contributed by atoms with Crippen molar-refractivity contribution in [1.29, 1.82) is 0 Å². The molecular formula is C13H13N3O2S2. The maximum absolute atomic E-state index is 11.8. The number of aromatic amines is 1. The average Bonchev–Trinajstić information content (AvgIpc) is 3.09. The zero-order valence-electron chi connectivity index (χ0n) is 10.5. The minimum atomic E-state index is -0.544. The van der Waals surface area contributed by atoms with Crippen molar-refractivity contribution in [3.63, 3.8) is 0 Å². The molecule has 7 heteroatoms. The number of hydrogen-bond acceptors (Lipinski definition) is 6. The van der Waals surface area contributed by atoms with Gasteiger partial charge in [-0.25, -0.2) is 4.98 Å². The Morgan fingerprint density at radius 1 is 1.40 bits per heavy atom. The fourth-order valence-corrected chi connectivity index (χ4v) is 3.35. The van der Waals surface area contributed by atoms with E-state index in [1.165, 1.54) is 11.3 Å². The van der Waals surface area contributed by atoms with E-state index in [2.05, 4.69) is 15.3 Å². The van der Waals surface area contributed by atoms with Crippen molar-refractivity contribution in [2.75, 3.05) is 6.54 Å². The summed E-state index contributed by atoms with van der Waals surface area (Å²) in [5.41, 5.74) is 1.51. The number of aliphatic hydroxyl groups excluding tert-OH is 1. The lowest BCUT2D eigenvalue weighted by molar-refractivity contribution is 0.174. The Balaban J connectivity index is 1.64. The van der Waals surface area contributed by atoms with Crippen molar-refractivity contribution < 1.29 is 5.11 Å². The number of aliphatic hydroxyl groups is 1. The highest BCUT2D eigenvalue weighted by molar-refractivity contribution is 7.17. The first-order valence-electron chi connectivity index (χ1n) is 6.11. The van der Waals surface area contributed by atoms with Crippen LogP contribution in [0, 0.1) is 0 Å². The van der Waals surface area contributed by atoms with Gasteiger partial charge >= 0.3 is 0 Å². The lowest BCUT2D eigenvalue weighted by atomic mass is 10.2. The predicted molar refractivity (Wildman–Crippen MR) is 81.2 cm³/mol. The molecule has 0 spiro atoms. The number of H-pyrrole nitrogens is 1. The van der Waals surface area contributed by atoms with Crippen molar-refractivity contribution in [1.82, 2.24) is 15.3 Å². The molecule has 0 bridgehead atoms. The van der Waals surface area contributed by atoms with Crippen LogP contribution in [0.4, 0.5) is 0 Å². The van der Waals surface area contributed by atoms with Crippen LogP contribution in [0.5, 0.6) is 0 Å². The van der Waals surface area contributed by atoms with Gasteiger partial charge < -0.3 is 15.4 Å². The Bertz CT molecular complexity index is 748. The van der Waals surface area contributed by atoms with E-state index < -0.39 is 6.10 Å². The number of nitrogens with one attached hydrogen (secondary N) is 2. The van der Waals surface area contributed by atoms with Crippen molar-refractivity contribution in [3.8, 4) is 0 Å². The van der Waals surface area contributed by atoms with Gasteiger partial charge in [-0.3, -0.25) is 4.79 Å². The molecule has 0 fully saturated rings. The molecule has 0 aliphatic rings. The first-order chi connectivity index (χ1) is 9.74. The van der Waals surface area contributed by atoms with E-state index in [1.807, 2.05) is 28.3 Å². The van der Waals surface area contributed by atoms with Gasteiger partial charge in [0.05, 0.1) is 18.2 Å². The SMILES string of the molecule is O=c1[nH]c(CNCC(O)c2ccsc2)nc2ccsc12. The summed E-state index contributed by atoms with van der Waals surface area (Å²) in [6, 6.07) is 3.73. The minimum absolute atomic E-state index is 0.111. The summed E-state index contributed by atoms with van der Waals surface area (Å²) in [5, 5.41) is 18.7. The maximum Gasteiger partial charge on any atom is 0.268 e. The van der Waals surface area contributed by atoms with Gasteiger partial charge in [-0.15, -0.1) is 11.3 Å². The van der Waals surface area contributed by atoms with E-state index in [9.17, 15) is 9.90 Å². The topological polar surface area (TPSA) is 78.0 Å². The highest BCUT2D eigenvalue weighted by Gasteiger charge is 2.08. The lowest BCUT2D eigenvalue weighted by Gasteiger charge is -2.10. The van der Waals surface area contributed by atoms with Crippen LogP contribution in [-0.2, 0) is 6.54 Å². The van der Waals surface area contributed by atoms with Crippen LogP contribution < -0.4 is 10.9 Å². The molecule has 1 atom stereocenters. The smallest absolute Gasteiger partial charge is 0.268 e. The number of nitrogens with zero attached hydrogens (tertiary/aromatic N) is 1. The molecule has 3 aromatic heterocycles. The van der Waals surface area contributed by atoms with Gasteiger partial charge in [0.2, 0.25) is 0 Å².